The standard InChI is InChI=1S/C42H21N5O/c1-3-11-26-22(9-1)21-32-39(43-26)25-18-20-34-38-36(25)41-45(32)29-14-6-8-16-31(29)47(41)42(38)37-33(48-34)19-17-24-23-10-2-4-12-27(23)44-28-13-5-7-15-30(28)46(42)40(44)35(24)37/h1-21H/q+2. The molecule has 3 aliphatic rings. The predicted octanol–water partition coefficient (Wildman–Crippen LogP) is 8.26. The first-order valence-corrected chi connectivity index (χ1v) is 16.5. The van der Waals surface area contributed by atoms with E-state index in [1.165, 1.54) is 71.5 Å². The average Bonchev–Trinajstić information content (AvgIpc) is 3.85. The first-order chi connectivity index (χ1) is 23.8. The molecule has 6 nitrogen and oxygen atoms in total. The summed E-state index contributed by atoms with van der Waals surface area (Å²) in [6.45, 7) is 0. The number of benzene rings is 6. The van der Waals surface area contributed by atoms with Crippen molar-refractivity contribution in [1.29, 1.82) is 0 Å². The fourth-order valence-electron chi connectivity index (χ4n) is 10.0. The lowest BCUT2D eigenvalue weighted by atomic mass is 9.85. The summed E-state index contributed by atoms with van der Waals surface area (Å²) >= 11 is 0. The van der Waals surface area contributed by atoms with Gasteiger partial charge >= 0.3 is 17.0 Å². The van der Waals surface area contributed by atoms with Crippen LogP contribution < -0.4 is 13.9 Å². The van der Waals surface area contributed by atoms with Crippen LogP contribution in [0.5, 0.6) is 11.5 Å². The van der Waals surface area contributed by atoms with Gasteiger partial charge in [0.15, 0.2) is 27.6 Å². The Balaban J connectivity index is 1.36. The summed E-state index contributed by atoms with van der Waals surface area (Å²) < 4.78 is 17.2. The summed E-state index contributed by atoms with van der Waals surface area (Å²) in [6, 6.07) is 46.3. The number of pyridine rings is 3. The molecule has 14 rings (SSSR count). The lowest BCUT2D eigenvalue weighted by Gasteiger charge is -2.31. The van der Waals surface area contributed by atoms with Crippen molar-refractivity contribution in [3.8, 4) is 11.5 Å². The van der Waals surface area contributed by atoms with E-state index in [2.05, 4.69) is 145 Å². The zero-order valence-electron chi connectivity index (χ0n) is 25.3. The smallest absolute Gasteiger partial charge is 0.316 e. The molecule has 5 aromatic heterocycles. The van der Waals surface area contributed by atoms with E-state index in [4.69, 9.17) is 9.72 Å². The molecule has 3 aliphatic heterocycles. The highest BCUT2D eigenvalue weighted by Crippen LogP contribution is 2.58. The molecule has 218 valence electrons. The van der Waals surface area contributed by atoms with Gasteiger partial charge in [-0.3, -0.25) is 0 Å². The molecule has 1 atom stereocenters. The topological polar surface area (TPSA) is 38.7 Å². The maximum Gasteiger partial charge on any atom is 0.316 e. The van der Waals surface area contributed by atoms with Crippen molar-refractivity contribution in [2.24, 2.45) is 0 Å². The number of fused-ring (bicyclic) bond motifs is 13. The van der Waals surface area contributed by atoms with E-state index in [-0.39, 0.29) is 0 Å². The Morgan fingerprint density at radius 3 is 1.85 bits per heavy atom. The van der Waals surface area contributed by atoms with Crippen LogP contribution in [0.1, 0.15) is 11.1 Å². The van der Waals surface area contributed by atoms with Crippen LogP contribution in [0.25, 0.3) is 87.7 Å². The summed E-state index contributed by atoms with van der Waals surface area (Å²) in [5.74, 6) is 1.81. The Kier molecular flexibility index (Phi) is 3.37. The fourth-order valence-corrected chi connectivity index (χ4v) is 10.0. The van der Waals surface area contributed by atoms with Gasteiger partial charge in [0.1, 0.15) is 33.7 Å². The number of ether oxygens (including phenoxy) is 1. The molecule has 48 heavy (non-hydrogen) atoms. The zero-order valence-corrected chi connectivity index (χ0v) is 25.3. The molecule has 0 fully saturated rings. The third-order valence-electron chi connectivity index (χ3n) is 11.6. The van der Waals surface area contributed by atoms with E-state index in [0.29, 0.717) is 0 Å². The number of aromatic nitrogens is 5. The normalized spacial score (nSPS) is 17.0. The van der Waals surface area contributed by atoms with Crippen molar-refractivity contribution in [2.75, 3.05) is 0 Å². The van der Waals surface area contributed by atoms with Crippen LogP contribution in [-0.4, -0.2) is 13.8 Å². The van der Waals surface area contributed by atoms with Gasteiger partial charge in [-0.2, -0.15) is 17.9 Å². The summed E-state index contributed by atoms with van der Waals surface area (Å²) in [4.78, 5) is 5.38. The van der Waals surface area contributed by atoms with Crippen molar-refractivity contribution in [2.45, 2.75) is 5.66 Å². The van der Waals surface area contributed by atoms with Crippen LogP contribution in [0, 0.1) is 0 Å². The first kappa shape index (κ1) is 22.9. The maximum absolute atomic E-state index is 7.00. The molecule has 0 saturated heterocycles. The van der Waals surface area contributed by atoms with E-state index in [1.54, 1.807) is 0 Å². The molecule has 0 N–H and O–H groups in total. The van der Waals surface area contributed by atoms with Crippen molar-refractivity contribution in [1.82, 2.24) is 13.8 Å². The molecule has 0 amide bonds. The van der Waals surface area contributed by atoms with Crippen LogP contribution in [0.4, 0.5) is 0 Å². The lowest BCUT2D eigenvalue weighted by molar-refractivity contribution is -0.923. The van der Waals surface area contributed by atoms with E-state index in [9.17, 15) is 0 Å². The van der Waals surface area contributed by atoms with Crippen molar-refractivity contribution >= 4 is 87.7 Å². The monoisotopic (exact) mass is 611 g/mol. The second-order valence-electron chi connectivity index (χ2n) is 13.5. The molecule has 1 unspecified atom stereocenters. The second kappa shape index (κ2) is 7.06. The Morgan fingerprint density at radius 2 is 1.10 bits per heavy atom. The zero-order chi connectivity index (χ0) is 30.6. The van der Waals surface area contributed by atoms with Crippen molar-refractivity contribution in [3.05, 3.63) is 139 Å². The molecule has 11 aromatic rings. The molecular formula is C42H21N5O+2. The van der Waals surface area contributed by atoms with Crippen LogP contribution in [0.2, 0.25) is 0 Å². The molecule has 0 saturated carbocycles. The largest absolute Gasteiger partial charge is 0.456 e. The number of hydrogen-bond donors (Lipinski definition) is 0. The van der Waals surface area contributed by atoms with Gasteiger partial charge in [0, 0.05) is 21.5 Å². The summed E-state index contributed by atoms with van der Waals surface area (Å²) in [5, 5.41) is 7.23. The molecule has 1 spiro atoms. The van der Waals surface area contributed by atoms with E-state index < -0.39 is 5.66 Å². The lowest BCUT2D eigenvalue weighted by Crippen LogP contribution is -2.71. The van der Waals surface area contributed by atoms with Gasteiger partial charge in [0.2, 0.25) is 0 Å². The van der Waals surface area contributed by atoms with Crippen LogP contribution in [0.3, 0.4) is 0 Å². The Labute approximate surface area is 270 Å². The molecule has 6 heteroatoms. The molecule has 8 heterocycles. The summed E-state index contributed by atoms with van der Waals surface area (Å²) in [6.07, 6.45) is 0. The highest BCUT2D eigenvalue weighted by atomic mass is 16.5. The molecule has 0 bridgehead atoms. The minimum absolute atomic E-state index is 0.719. The maximum atomic E-state index is 7.00. The summed E-state index contributed by atoms with van der Waals surface area (Å²) in [7, 11) is 0. The highest BCUT2D eigenvalue weighted by Gasteiger charge is 2.67. The number of nitrogens with zero attached hydrogens (tertiary/aromatic N) is 5. The van der Waals surface area contributed by atoms with Gasteiger partial charge in [-0.1, -0.05) is 60.7 Å². The third kappa shape index (κ3) is 2.08. The molecule has 0 aliphatic carbocycles. The molecule has 6 aromatic carbocycles. The van der Waals surface area contributed by atoms with E-state index in [1.807, 2.05) is 0 Å². The highest BCUT2D eigenvalue weighted by molar-refractivity contribution is 6.19. The van der Waals surface area contributed by atoms with Crippen molar-refractivity contribution in [3.63, 3.8) is 0 Å². The third-order valence-corrected chi connectivity index (χ3v) is 11.6. The van der Waals surface area contributed by atoms with Gasteiger partial charge < -0.3 is 4.74 Å². The van der Waals surface area contributed by atoms with Gasteiger partial charge in [-0.25, -0.2) is 4.98 Å². The number of rotatable bonds is 0. The molecule has 0 radical (unpaired) electrons. The van der Waals surface area contributed by atoms with Gasteiger partial charge in [0.05, 0.1) is 16.3 Å². The predicted molar refractivity (Wildman–Crippen MR) is 187 cm³/mol. The minimum atomic E-state index is -0.719. The van der Waals surface area contributed by atoms with Crippen LogP contribution in [0.15, 0.2) is 127 Å². The van der Waals surface area contributed by atoms with Crippen LogP contribution >= 0.6 is 0 Å². The van der Waals surface area contributed by atoms with E-state index in [0.717, 1.165) is 38.8 Å². The molecular weight excluding hydrogens is 590 g/mol. The number of imidazole rings is 2. The van der Waals surface area contributed by atoms with Gasteiger partial charge in [-0.05, 0) is 66.7 Å². The quantitative estimate of drug-likeness (QED) is 0.0984. The first-order valence-electron chi connectivity index (χ1n) is 16.5. The Hall–Kier alpha value is -6.53. The number of hydrogen-bond acceptors (Lipinski definition) is 2. The van der Waals surface area contributed by atoms with Gasteiger partial charge in [-0.15, -0.1) is 0 Å². The summed E-state index contributed by atoms with van der Waals surface area (Å²) in [5.41, 5.74) is 13.1. The van der Waals surface area contributed by atoms with Crippen molar-refractivity contribution < 1.29 is 13.9 Å². The minimum Gasteiger partial charge on any atom is -0.456 e. The number of para-hydroxylation sites is 6. The Morgan fingerprint density at radius 1 is 0.521 bits per heavy atom. The SMILES string of the molecule is c1ccc2nc3c4ccc5c6c4c4n(c3cc2c1)c1ccccc1[n+]4C61c2c(ccc3c4ccccc4n4c6ccccc6[n+]1c4c23)O5. The van der Waals surface area contributed by atoms with Crippen LogP contribution in [-0.2, 0) is 5.66 Å². The average molecular weight is 612 g/mol. The fraction of sp³-hybridized carbons (Fsp3) is 0.0238. The second-order valence-corrected chi connectivity index (χ2v) is 13.5. The van der Waals surface area contributed by atoms with Gasteiger partial charge in [0.25, 0.3) is 0 Å². The Bertz CT molecular complexity index is 3440. The van der Waals surface area contributed by atoms with E-state index >= 15 is 0 Å².